The highest BCUT2D eigenvalue weighted by Gasteiger charge is 2.14. The molecule has 7 heteroatoms. The average Bonchev–Trinajstić information content (AvgIpc) is 2.20. The van der Waals surface area contributed by atoms with Crippen LogP contribution in [0.15, 0.2) is 15.7 Å². The summed E-state index contributed by atoms with van der Waals surface area (Å²) in [5.41, 5.74) is -0.0946. The van der Waals surface area contributed by atoms with Gasteiger partial charge in [0, 0.05) is 44.5 Å². The van der Waals surface area contributed by atoms with Gasteiger partial charge in [0.25, 0.3) is 5.56 Å². The van der Waals surface area contributed by atoms with Crippen LogP contribution in [-0.4, -0.2) is 53.0 Å². The van der Waals surface area contributed by atoms with Crippen LogP contribution in [-0.2, 0) is 6.54 Å². The molecular weight excluding hydrogens is 244 g/mol. The van der Waals surface area contributed by atoms with Crippen LogP contribution in [0.5, 0.6) is 0 Å². The summed E-state index contributed by atoms with van der Waals surface area (Å²) >= 11 is 0. The van der Waals surface area contributed by atoms with E-state index in [1.807, 2.05) is 0 Å². The molecule has 1 saturated heterocycles. The van der Waals surface area contributed by atoms with Crippen molar-refractivity contribution in [3.8, 4) is 0 Å². The molecule has 96 valence electrons. The Morgan fingerprint density at radius 3 is 2.41 bits per heavy atom. The lowest BCUT2D eigenvalue weighted by Crippen LogP contribution is -2.44. The predicted molar refractivity (Wildman–Crippen MR) is 67.7 cm³/mol. The van der Waals surface area contributed by atoms with Crippen molar-refractivity contribution in [3.63, 3.8) is 0 Å². The van der Waals surface area contributed by atoms with Gasteiger partial charge in [0.15, 0.2) is 0 Å². The fraction of sp³-hybridized carbons (Fsp3) is 0.600. The molecule has 2 rings (SSSR count). The first-order valence-corrected chi connectivity index (χ1v) is 5.37. The van der Waals surface area contributed by atoms with Gasteiger partial charge in [-0.2, -0.15) is 0 Å². The van der Waals surface area contributed by atoms with E-state index < -0.39 is 5.69 Å². The van der Waals surface area contributed by atoms with E-state index >= 15 is 0 Å². The number of hydrogen-bond donors (Lipinski definition) is 2. The first-order chi connectivity index (χ1) is 7.63. The third-order valence-electron chi connectivity index (χ3n) is 2.81. The largest absolute Gasteiger partial charge is 0.325 e. The molecule has 17 heavy (non-hydrogen) atoms. The molecule has 0 radical (unpaired) electrons. The maximum absolute atomic E-state index is 11.1. The molecule has 1 aliphatic rings. The summed E-state index contributed by atoms with van der Waals surface area (Å²) in [5.74, 6) is 0. The number of likely N-dealkylation sites (N-methyl/N-ethyl adjacent to an activating group) is 1. The van der Waals surface area contributed by atoms with E-state index in [-0.39, 0.29) is 18.0 Å². The summed E-state index contributed by atoms with van der Waals surface area (Å²) in [6, 6.07) is 1.44. The average molecular weight is 261 g/mol. The summed E-state index contributed by atoms with van der Waals surface area (Å²) in [6.45, 7) is 4.60. The lowest BCUT2D eigenvalue weighted by atomic mass is 10.3. The van der Waals surface area contributed by atoms with Gasteiger partial charge in [-0.1, -0.05) is 0 Å². The van der Waals surface area contributed by atoms with Crippen LogP contribution in [0.4, 0.5) is 0 Å². The zero-order chi connectivity index (χ0) is 11.5. The number of nitrogens with one attached hydrogen (secondary N) is 2. The van der Waals surface area contributed by atoms with Crippen LogP contribution >= 0.6 is 12.4 Å². The Morgan fingerprint density at radius 1 is 1.18 bits per heavy atom. The van der Waals surface area contributed by atoms with Crippen LogP contribution < -0.4 is 11.2 Å². The molecule has 0 bridgehead atoms. The number of hydrogen-bond acceptors (Lipinski definition) is 4. The minimum atomic E-state index is -0.434. The fourth-order valence-electron chi connectivity index (χ4n) is 1.85. The maximum atomic E-state index is 11.1. The fourth-order valence-corrected chi connectivity index (χ4v) is 1.85. The van der Waals surface area contributed by atoms with E-state index in [1.165, 1.54) is 6.07 Å². The smallest absolute Gasteiger partial charge is 0.310 e. The van der Waals surface area contributed by atoms with Crippen LogP contribution in [0.1, 0.15) is 5.69 Å². The van der Waals surface area contributed by atoms with Gasteiger partial charge >= 0.3 is 5.69 Å². The van der Waals surface area contributed by atoms with E-state index in [0.717, 1.165) is 26.2 Å². The quantitative estimate of drug-likeness (QED) is 0.733. The van der Waals surface area contributed by atoms with E-state index in [0.29, 0.717) is 12.2 Å². The molecule has 6 nitrogen and oxygen atoms in total. The number of aromatic nitrogens is 2. The standard InChI is InChI=1S/C10H16N4O2.ClH/c1-13-2-4-14(5-3-13)7-8-6-9(15)12-10(16)11-8;/h6H,2-5,7H2,1H3,(H2,11,12,15,16);1H. The number of rotatable bonds is 2. The van der Waals surface area contributed by atoms with Crippen LogP contribution in [0, 0.1) is 0 Å². The van der Waals surface area contributed by atoms with Gasteiger partial charge in [-0.05, 0) is 7.05 Å². The molecule has 1 aliphatic heterocycles. The van der Waals surface area contributed by atoms with Gasteiger partial charge < -0.3 is 9.88 Å². The third-order valence-corrected chi connectivity index (χ3v) is 2.81. The lowest BCUT2D eigenvalue weighted by Gasteiger charge is -2.32. The second kappa shape index (κ2) is 6.00. The van der Waals surface area contributed by atoms with Gasteiger partial charge in [-0.3, -0.25) is 14.7 Å². The van der Waals surface area contributed by atoms with E-state index in [9.17, 15) is 9.59 Å². The van der Waals surface area contributed by atoms with Crippen molar-refractivity contribution in [1.29, 1.82) is 0 Å². The molecule has 0 saturated carbocycles. The Labute approximate surface area is 105 Å². The minimum Gasteiger partial charge on any atom is -0.310 e. The van der Waals surface area contributed by atoms with Crippen LogP contribution in [0.2, 0.25) is 0 Å². The van der Waals surface area contributed by atoms with E-state index in [1.54, 1.807) is 0 Å². The summed E-state index contributed by atoms with van der Waals surface area (Å²) in [6.07, 6.45) is 0. The summed E-state index contributed by atoms with van der Waals surface area (Å²) in [7, 11) is 2.09. The van der Waals surface area contributed by atoms with Crippen molar-refractivity contribution in [2.24, 2.45) is 0 Å². The van der Waals surface area contributed by atoms with Gasteiger partial charge in [0.05, 0.1) is 0 Å². The molecule has 0 atom stereocenters. The Hall–Kier alpha value is -1.11. The molecule has 1 fully saturated rings. The highest BCUT2D eigenvalue weighted by molar-refractivity contribution is 5.85. The van der Waals surface area contributed by atoms with Crippen molar-refractivity contribution >= 4 is 12.4 Å². The molecule has 1 aromatic heterocycles. The molecule has 2 heterocycles. The molecule has 0 amide bonds. The predicted octanol–water partition coefficient (Wildman–Crippen LogP) is -0.768. The first-order valence-electron chi connectivity index (χ1n) is 5.37. The SMILES string of the molecule is CN1CCN(Cc2cc(=O)[nH]c(=O)[nH]2)CC1.Cl. The number of halogens is 1. The van der Waals surface area contributed by atoms with Crippen LogP contribution in [0.25, 0.3) is 0 Å². The van der Waals surface area contributed by atoms with Gasteiger partial charge in [-0.25, -0.2) is 4.79 Å². The third kappa shape index (κ3) is 3.99. The van der Waals surface area contributed by atoms with Gasteiger partial charge in [-0.15, -0.1) is 12.4 Å². The van der Waals surface area contributed by atoms with Crippen molar-refractivity contribution in [2.75, 3.05) is 33.2 Å². The van der Waals surface area contributed by atoms with Crippen molar-refractivity contribution in [1.82, 2.24) is 19.8 Å². The molecule has 0 spiro atoms. The molecule has 0 aromatic carbocycles. The van der Waals surface area contributed by atoms with Crippen LogP contribution in [0.3, 0.4) is 0 Å². The zero-order valence-corrected chi connectivity index (χ0v) is 10.5. The number of nitrogens with zero attached hydrogens (tertiary/aromatic N) is 2. The molecule has 2 N–H and O–H groups in total. The summed E-state index contributed by atoms with van der Waals surface area (Å²) in [4.78, 5) is 31.5. The molecule has 0 aliphatic carbocycles. The highest BCUT2D eigenvalue weighted by Crippen LogP contribution is 2.02. The Bertz CT molecular complexity index is 434. The topological polar surface area (TPSA) is 72.2 Å². The van der Waals surface area contributed by atoms with E-state index in [4.69, 9.17) is 0 Å². The van der Waals surface area contributed by atoms with Crippen molar-refractivity contribution in [3.05, 3.63) is 32.6 Å². The summed E-state index contributed by atoms with van der Waals surface area (Å²) in [5, 5.41) is 0. The minimum absolute atomic E-state index is 0. The second-order valence-electron chi connectivity index (χ2n) is 4.19. The van der Waals surface area contributed by atoms with Crippen molar-refractivity contribution in [2.45, 2.75) is 6.54 Å². The van der Waals surface area contributed by atoms with Gasteiger partial charge in [0.2, 0.25) is 0 Å². The molecular formula is C10H17ClN4O2. The number of aromatic amines is 2. The number of H-pyrrole nitrogens is 2. The van der Waals surface area contributed by atoms with E-state index in [2.05, 4.69) is 26.8 Å². The Kier molecular flexibility index (Phi) is 4.92. The maximum Gasteiger partial charge on any atom is 0.325 e. The normalized spacial score (nSPS) is 17.7. The molecule has 0 unspecified atom stereocenters. The van der Waals surface area contributed by atoms with Gasteiger partial charge in [0.1, 0.15) is 0 Å². The molecule has 1 aromatic rings. The summed E-state index contributed by atoms with van der Waals surface area (Å²) < 4.78 is 0. The Balaban J connectivity index is 0.00000144. The number of piperazine rings is 1. The Morgan fingerprint density at radius 2 is 1.82 bits per heavy atom. The second-order valence-corrected chi connectivity index (χ2v) is 4.19. The lowest BCUT2D eigenvalue weighted by molar-refractivity contribution is 0.146. The highest BCUT2D eigenvalue weighted by atomic mass is 35.5. The monoisotopic (exact) mass is 260 g/mol. The zero-order valence-electron chi connectivity index (χ0n) is 9.73. The first kappa shape index (κ1) is 14.0. The van der Waals surface area contributed by atoms with Crippen molar-refractivity contribution < 1.29 is 0 Å².